The fourth-order valence-corrected chi connectivity index (χ4v) is 10.3. The van der Waals surface area contributed by atoms with Crippen molar-refractivity contribution in [3.05, 3.63) is 47.5 Å². The summed E-state index contributed by atoms with van der Waals surface area (Å²) in [4.78, 5) is 10.8. The molecule has 7 heteroatoms. The minimum atomic E-state index is -4.44. The SMILES string of the molecule is CC(C)CCCC(C)CCCC(C)CCCC1(C)CCc2cc(OP(=O)(O)Oc3ccc4c(c3)CCC(C)(CCCC(C)CCCC(C)CCCC(C)C)O4)ccc2O1. The molecule has 6 nitrogen and oxygen atoms in total. The number of aryl methyl sites for hydroxylation is 2. The first-order valence-corrected chi connectivity index (χ1v) is 25.8. The molecule has 0 bridgehead atoms. The van der Waals surface area contributed by atoms with E-state index < -0.39 is 7.82 Å². The quantitative estimate of drug-likeness (QED) is 0.0861. The van der Waals surface area contributed by atoms with Gasteiger partial charge in [0.1, 0.15) is 34.2 Å². The van der Waals surface area contributed by atoms with E-state index in [9.17, 15) is 9.46 Å². The van der Waals surface area contributed by atoms with Gasteiger partial charge >= 0.3 is 7.82 Å². The normalized spacial score (nSPS) is 22.1. The Morgan fingerprint density at radius 3 is 1.20 bits per heavy atom. The lowest BCUT2D eigenvalue weighted by molar-refractivity contribution is 0.0521. The zero-order chi connectivity index (χ0) is 43.1. The van der Waals surface area contributed by atoms with E-state index >= 15 is 0 Å². The van der Waals surface area contributed by atoms with Gasteiger partial charge in [0.2, 0.25) is 0 Å². The van der Waals surface area contributed by atoms with Crippen molar-refractivity contribution in [3.63, 3.8) is 0 Å². The van der Waals surface area contributed by atoms with Gasteiger partial charge in [0.05, 0.1) is 0 Å². The van der Waals surface area contributed by atoms with Gasteiger partial charge in [0, 0.05) is 0 Å². The third-order valence-corrected chi connectivity index (χ3v) is 14.5. The van der Waals surface area contributed by atoms with Crippen molar-refractivity contribution in [2.24, 2.45) is 35.5 Å². The Balaban J connectivity index is 1.16. The van der Waals surface area contributed by atoms with E-state index in [-0.39, 0.29) is 11.2 Å². The summed E-state index contributed by atoms with van der Waals surface area (Å²) in [6.07, 6.45) is 26.5. The van der Waals surface area contributed by atoms with Crippen molar-refractivity contribution in [1.29, 1.82) is 0 Å². The van der Waals surface area contributed by atoms with E-state index in [2.05, 4.69) is 69.2 Å². The second kappa shape index (κ2) is 23.9. The number of fused-ring (bicyclic) bond motifs is 2. The highest BCUT2D eigenvalue weighted by molar-refractivity contribution is 7.48. The molecule has 2 aliphatic rings. The summed E-state index contributed by atoms with van der Waals surface area (Å²) in [6.45, 7) is 23.4. The molecule has 4 rings (SSSR count). The van der Waals surface area contributed by atoms with Crippen molar-refractivity contribution in [2.75, 3.05) is 0 Å². The summed E-state index contributed by atoms with van der Waals surface area (Å²) in [5.41, 5.74) is 1.59. The average molecular weight is 839 g/mol. The van der Waals surface area contributed by atoms with E-state index in [1.165, 1.54) is 89.9 Å². The molecule has 0 radical (unpaired) electrons. The summed E-state index contributed by atoms with van der Waals surface area (Å²) in [7, 11) is -4.44. The van der Waals surface area contributed by atoms with E-state index in [4.69, 9.17) is 18.5 Å². The molecular formula is C52H87O6P. The molecule has 59 heavy (non-hydrogen) atoms. The summed E-state index contributed by atoms with van der Waals surface area (Å²) in [5, 5.41) is 0. The van der Waals surface area contributed by atoms with Crippen molar-refractivity contribution in [2.45, 2.75) is 222 Å². The highest BCUT2D eigenvalue weighted by Crippen LogP contribution is 2.48. The first kappa shape index (κ1) is 49.5. The Bertz CT molecular complexity index is 1460. The van der Waals surface area contributed by atoms with Gasteiger partial charge in [-0.15, -0.1) is 0 Å². The summed E-state index contributed by atoms with van der Waals surface area (Å²) in [6, 6.07) is 10.8. The molecule has 6 atom stereocenters. The molecule has 2 aromatic rings. The molecule has 0 spiro atoms. The molecule has 1 N–H and O–H groups in total. The molecule has 2 aromatic carbocycles. The van der Waals surface area contributed by atoms with Crippen LogP contribution < -0.4 is 18.5 Å². The van der Waals surface area contributed by atoms with Crippen LogP contribution in [0.1, 0.15) is 209 Å². The van der Waals surface area contributed by atoms with E-state index in [1.54, 1.807) is 12.1 Å². The van der Waals surface area contributed by atoms with Crippen molar-refractivity contribution in [3.8, 4) is 23.0 Å². The molecule has 336 valence electrons. The predicted octanol–water partition coefficient (Wildman–Crippen LogP) is 16.3. The van der Waals surface area contributed by atoms with Crippen LogP contribution in [0.15, 0.2) is 36.4 Å². The molecule has 0 saturated heterocycles. The Labute approximate surface area is 362 Å². The molecule has 0 amide bonds. The van der Waals surface area contributed by atoms with Gasteiger partial charge in [-0.05, 0) is 148 Å². The summed E-state index contributed by atoms with van der Waals surface area (Å²) >= 11 is 0. The minimum Gasteiger partial charge on any atom is -0.487 e. The number of phosphoric acid groups is 1. The first-order chi connectivity index (χ1) is 27.9. The first-order valence-electron chi connectivity index (χ1n) is 24.3. The lowest BCUT2D eigenvalue weighted by Crippen LogP contribution is -2.36. The zero-order valence-corrected chi connectivity index (χ0v) is 40.3. The van der Waals surface area contributed by atoms with Crippen LogP contribution in [0.2, 0.25) is 0 Å². The number of hydrogen-bond donors (Lipinski definition) is 1. The molecule has 0 fully saturated rings. The van der Waals surface area contributed by atoms with Gasteiger partial charge in [0.25, 0.3) is 0 Å². The fourth-order valence-electron chi connectivity index (χ4n) is 9.49. The largest absolute Gasteiger partial charge is 0.584 e. The highest BCUT2D eigenvalue weighted by Gasteiger charge is 2.34. The van der Waals surface area contributed by atoms with E-state index in [0.717, 1.165) is 109 Å². The summed E-state index contributed by atoms with van der Waals surface area (Å²) < 4.78 is 37.5. The molecule has 0 saturated carbocycles. The van der Waals surface area contributed by atoms with E-state index in [0.29, 0.717) is 11.5 Å². The lowest BCUT2D eigenvalue weighted by Gasteiger charge is -2.36. The predicted molar refractivity (Wildman–Crippen MR) is 248 cm³/mol. The molecule has 2 heterocycles. The van der Waals surface area contributed by atoms with Crippen LogP contribution in [0.25, 0.3) is 0 Å². The summed E-state index contributed by atoms with van der Waals surface area (Å²) in [5.74, 6) is 7.09. The number of ether oxygens (including phenoxy) is 2. The Morgan fingerprint density at radius 1 is 0.542 bits per heavy atom. The van der Waals surface area contributed by atoms with Crippen molar-refractivity contribution >= 4 is 7.82 Å². The van der Waals surface area contributed by atoms with Crippen molar-refractivity contribution in [1.82, 2.24) is 0 Å². The topological polar surface area (TPSA) is 74.2 Å². The Hall–Kier alpha value is -2.17. The van der Waals surface area contributed by atoms with Crippen molar-refractivity contribution < 1.29 is 28.0 Å². The van der Waals surface area contributed by atoms with Crippen LogP contribution in [0.5, 0.6) is 23.0 Å². The molecule has 2 aliphatic heterocycles. The second-order valence-corrected chi connectivity index (χ2v) is 22.3. The highest BCUT2D eigenvalue weighted by atomic mass is 31.2. The molecule has 6 unspecified atom stereocenters. The third-order valence-electron chi connectivity index (χ3n) is 13.6. The maximum absolute atomic E-state index is 13.2. The van der Waals surface area contributed by atoms with Gasteiger partial charge in [-0.3, -0.25) is 4.89 Å². The molecule has 0 aliphatic carbocycles. The van der Waals surface area contributed by atoms with Gasteiger partial charge in [0.15, 0.2) is 0 Å². The van der Waals surface area contributed by atoms with Crippen LogP contribution in [0.3, 0.4) is 0 Å². The van der Waals surface area contributed by atoms with Gasteiger partial charge in [-0.1, -0.05) is 145 Å². The lowest BCUT2D eigenvalue weighted by atomic mass is 9.86. The Kier molecular flexibility index (Phi) is 20.0. The van der Waals surface area contributed by atoms with Gasteiger partial charge in [-0.2, -0.15) is 0 Å². The van der Waals surface area contributed by atoms with Crippen LogP contribution in [-0.2, 0) is 17.4 Å². The third kappa shape index (κ3) is 18.4. The smallest absolute Gasteiger partial charge is 0.487 e. The monoisotopic (exact) mass is 839 g/mol. The standard InChI is InChI=1S/C52H87O6P/c1-39(2)17-11-19-41(5)21-13-23-43(7)25-15-33-51(9)35-31-45-37-47(27-29-49(45)55-51)57-59(53,54)58-48-28-30-50-46(38-48)32-36-52(10,56-50)34-16-26-44(8)24-14-22-42(6)20-12-18-40(3)4/h27-30,37-44H,11-26,31-36H2,1-10H3,(H,53,54). The van der Waals surface area contributed by atoms with Crippen LogP contribution in [-0.4, -0.2) is 16.1 Å². The van der Waals surface area contributed by atoms with Gasteiger partial charge < -0.3 is 18.5 Å². The number of benzene rings is 2. The fraction of sp³-hybridized carbons (Fsp3) is 0.769. The van der Waals surface area contributed by atoms with Gasteiger partial charge in [-0.25, -0.2) is 4.57 Å². The number of rotatable bonds is 28. The Morgan fingerprint density at radius 2 is 0.864 bits per heavy atom. The maximum atomic E-state index is 13.2. The molecule has 0 aromatic heterocycles. The zero-order valence-electron chi connectivity index (χ0n) is 39.4. The number of phosphoric ester groups is 1. The second-order valence-electron chi connectivity index (χ2n) is 21.0. The average Bonchev–Trinajstić information content (AvgIpc) is 3.14. The minimum absolute atomic E-state index is 0.202. The maximum Gasteiger partial charge on any atom is 0.584 e. The number of hydrogen-bond acceptors (Lipinski definition) is 5. The van der Waals surface area contributed by atoms with E-state index in [1.807, 2.05) is 24.3 Å². The van der Waals surface area contributed by atoms with Crippen LogP contribution in [0.4, 0.5) is 0 Å². The van der Waals surface area contributed by atoms with Crippen LogP contribution >= 0.6 is 7.82 Å². The molecular weight excluding hydrogens is 752 g/mol. The van der Waals surface area contributed by atoms with Crippen LogP contribution in [0, 0.1) is 35.5 Å².